The first-order valence-electron chi connectivity index (χ1n) is 9.50. The minimum atomic E-state index is -1.26. The van der Waals surface area contributed by atoms with E-state index < -0.39 is 35.8 Å². The molecule has 0 bridgehead atoms. The van der Waals surface area contributed by atoms with Gasteiger partial charge in [-0.2, -0.15) is 0 Å². The van der Waals surface area contributed by atoms with Crippen molar-refractivity contribution >= 4 is 35.8 Å². The van der Waals surface area contributed by atoms with Gasteiger partial charge in [-0.15, -0.1) is 0 Å². The predicted octanol–water partition coefficient (Wildman–Crippen LogP) is 2.27. The zero-order valence-electron chi connectivity index (χ0n) is 16.3. The third kappa shape index (κ3) is 3.51. The van der Waals surface area contributed by atoms with Gasteiger partial charge in [0.15, 0.2) is 0 Å². The van der Waals surface area contributed by atoms with Gasteiger partial charge in [-0.25, -0.2) is 28.8 Å². The molecule has 0 aromatic heterocycles. The number of fused-ring (bicyclic) bond motifs is 2. The van der Waals surface area contributed by atoms with Crippen LogP contribution in [-0.2, 0) is 22.3 Å². The van der Waals surface area contributed by atoms with E-state index in [1.54, 1.807) is 0 Å². The summed E-state index contributed by atoms with van der Waals surface area (Å²) in [5.41, 5.74) is 0.240. The molecule has 10 nitrogen and oxygen atoms in total. The molecule has 32 heavy (non-hydrogen) atoms. The van der Waals surface area contributed by atoms with Crippen LogP contribution in [0.4, 0.5) is 0 Å². The highest BCUT2D eigenvalue weighted by Gasteiger charge is 2.34. The lowest BCUT2D eigenvalue weighted by atomic mass is 9.92. The lowest BCUT2D eigenvalue weighted by Crippen LogP contribution is -2.07. The molecule has 0 saturated carbocycles. The molecule has 162 valence electrons. The Morgan fingerprint density at radius 2 is 1.00 bits per heavy atom. The molecule has 2 aromatic rings. The van der Waals surface area contributed by atoms with Crippen molar-refractivity contribution in [3.63, 3.8) is 0 Å². The van der Waals surface area contributed by atoms with Crippen LogP contribution in [0.2, 0.25) is 0 Å². The van der Waals surface area contributed by atoms with Gasteiger partial charge in [0.25, 0.3) is 0 Å². The van der Waals surface area contributed by atoms with Gasteiger partial charge in [-0.1, -0.05) is 0 Å². The average Bonchev–Trinajstić information content (AvgIpc) is 3.19. The Kier molecular flexibility index (Phi) is 5.05. The lowest BCUT2D eigenvalue weighted by Gasteiger charge is -2.09. The molecule has 0 fully saturated rings. The molecular weight excluding hydrogens is 424 g/mol. The van der Waals surface area contributed by atoms with E-state index in [-0.39, 0.29) is 46.2 Å². The fraction of sp³-hybridized carbons (Fsp3) is 0.182. The number of carbonyl (C=O) groups excluding carboxylic acids is 4. The first kappa shape index (κ1) is 20.9. The SMILES string of the molecule is O=C(O)c1cc(CCCCc2cc(C(=O)O)cc3c2C(=O)OC3=O)c2c(c1)C(=O)OC2=O. The molecule has 0 spiro atoms. The van der Waals surface area contributed by atoms with Crippen molar-refractivity contribution in [2.75, 3.05) is 0 Å². The third-order valence-corrected chi connectivity index (χ3v) is 5.30. The van der Waals surface area contributed by atoms with Crippen molar-refractivity contribution in [3.8, 4) is 0 Å². The second kappa shape index (κ2) is 7.73. The van der Waals surface area contributed by atoms with Gasteiger partial charge in [-0.05, 0) is 61.1 Å². The van der Waals surface area contributed by atoms with Crippen LogP contribution < -0.4 is 0 Å². The molecule has 10 heteroatoms. The molecule has 0 saturated heterocycles. The molecule has 2 aliphatic rings. The molecule has 0 atom stereocenters. The second-order valence-corrected chi connectivity index (χ2v) is 7.29. The number of hydrogen-bond donors (Lipinski definition) is 2. The summed E-state index contributed by atoms with van der Waals surface area (Å²) in [6, 6.07) is 4.80. The summed E-state index contributed by atoms with van der Waals surface area (Å²) >= 11 is 0. The van der Waals surface area contributed by atoms with Crippen LogP contribution in [0.15, 0.2) is 24.3 Å². The number of aryl methyl sites for hydroxylation is 2. The number of carboxylic acids is 2. The van der Waals surface area contributed by atoms with Crippen LogP contribution in [0.3, 0.4) is 0 Å². The smallest absolute Gasteiger partial charge is 0.347 e. The van der Waals surface area contributed by atoms with Gasteiger partial charge >= 0.3 is 35.8 Å². The minimum absolute atomic E-state index is 0.0305. The van der Waals surface area contributed by atoms with E-state index >= 15 is 0 Å². The number of esters is 4. The van der Waals surface area contributed by atoms with Crippen LogP contribution in [-0.4, -0.2) is 46.0 Å². The van der Waals surface area contributed by atoms with E-state index in [4.69, 9.17) is 0 Å². The number of benzene rings is 2. The van der Waals surface area contributed by atoms with Crippen molar-refractivity contribution in [3.05, 3.63) is 68.8 Å². The van der Waals surface area contributed by atoms with E-state index in [0.717, 1.165) is 12.1 Å². The highest BCUT2D eigenvalue weighted by Crippen LogP contribution is 2.29. The van der Waals surface area contributed by atoms with E-state index in [9.17, 15) is 39.0 Å². The predicted molar refractivity (Wildman–Crippen MR) is 103 cm³/mol. The zero-order valence-corrected chi connectivity index (χ0v) is 16.3. The normalized spacial score (nSPS) is 14.1. The van der Waals surface area contributed by atoms with Crippen molar-refractivity contribution in [2.45, 2.75) is 25.7 Å². The molecule has 2 heterocycles. The first-order valence-corrected chi connectivity index (χ1v) is 9.50. The quantitative estimate of drug-likeness (QED) is 0.373. The van der Waals surface area contributed by atoms with Gasteiger partial charge in [0.05, 0.1) is 33.4 Å². The van der Waals surface area contributed by atoms with Crippen LogP contribution in [0.5, 0.6) is 0 Å². The van der Waals surface area contributed by atoms with Crippen molar-refractivity contribution in [2.24, 2.45) is 0 Å². The maximum absolute atomic E-state index is 12.0. The van der Waals surface area contributed by atoms with Crippen LogP contribution in [0.1, 0.15) is 86.1 Å². The minimum Gasteiger partial charge on any atom is -0.478 e. The highest BCUT2D eigenvalue weighted by atomic mass is 16.6. The molecule has 2 aromatic carbocycles. The number of rotatable bonds is 7. The van der Waals surface area contributed by atoms with Gasteiger partial charge in [0.2, 0.25) is 0 Å². The largest absolute Gasteiger partial charge is 0.478 e. The van der Waals surface area contributed by atoms with E-state index in [1.165, 1.54) is 12.1 Å². The van der Waals surface area contributed by atoms with Crippen LogP contribution in [0.25, 0.3) is 0 Å². The summed E-state index contributed by atoms with van der Waals surface area (Å²) in [7, 11) is 0. The molecular formula is C22H14O10. The molecule has 0 unspecified atom stereocenters. The molecule has 0 amide bonds. The Morgan fingerprint density at radius 3 is 1.34 bits per heavy atom. The number of ether oxygens (including phenoxy) is 2. The standard InChI is InChI=1S/C22H14O10/c23-17(24)11-5-9(15-13(7-11)19(27)31-21(15)29)3-1-2-4-10-6-12(18(25)26)8-14-16(10)22(30)32-20(14)28/h5-8H,1-4H2,(H,23,24)(H,25,26). The van der Waals surface area contributed by atoms with E-state index in [2.05, 4.69) is 9.47 Å². The third-order valence-electron chi connectivity index (χ3n) is 5.30. The Labute approximate surface area is 179 Å². The second-order valence-electron chi connectivity index (χ2n) is 7.29. The fourth-order valence-corrected chi connectivity index (χ4v) is 3.86. The molecule has 2 aliphatic heterocycles. The monoisotopic (exact) mass is 438 g/mol. The highest BCUT2D eigenvalue weighted by molar-refractivity contribution is 6.17. The molecule has 4 rings (SSSR count). The maximum atomic E-state index is 12.0. The van der Waals surface area contributed by atoms with Crippen LogP contribution in [0, 0.1) is 0 Å². The van der Waals surface area contributed by atoms with E-state index in [1.807, 2.05) is 0 Å². The van der Waals surface area contributed by atoms with Gasteiger partial charge in [0, 0.05) is 0 Å². The summed E-state index contributed by atoms with van der Waals surface area (Å²) in [5.74, 6) is -6.01. The number of aromatic carboxylic acids is 2. The topological polar surface area (TPSA) is 161 Å². The number of unbranched alkanes of at least 4 members (excludes halogenated alkanes) is 1. The van der Waals surface area contributed by atoms with Crippen molar-refractivity contribution in [1.29, 1.82) is 0 Å². The van der Waals surface area contributed by atoms with E-state index in [0.29, 0.717) is 24.0 Å². The Balaban J connectivity index is 1.55. The van der Waals surface area contributed by atoms with Crippen molar-refractivity contribution in [1.82, 2.24) is 0 Å². The first-order chi connectivity index (χ1) is 15.2. The number of carboxylic acid groups (broad SMARTS) is 2. The fourth-order valence-electron chi connectivity index (χ4n) is 3.86. The summed E-state index contributed by atoms with van der Waals surface area (Å²) in [6.45, 7) is 0. The molecule has 2 N–H and O–H groups in total. The number of cyclic esters (lactones) is 4. The number of hydrogen-bond acceptors (Lipinski definition) is 8. The number of carbonyl (C=O) groups is 6. The summed E-state index contributed by atoms with van der Waals surface area (Å²) in [4.78, 5) is 70.3. The zero-order chi connectivity index (χ0) is 23.2. The molecule has 0 radical (unpaired) electrons. The summed E-state index contributed by atoms with van der Waals surface area (Å²) < 4.78 is 9.16. The Hall–Kier alpha value is -4.34. The maximum Gasteiger partial charge on any atom is 0.347 e. The van der Waals surface area contributed by atoms with Crippen molar-refractivity contribution < 1.29 is 48.5 Å². The Bertz CT molecular complexity index is 1160. The van der Waals surface area contributed by atoms with Gasteiger partial charge in [0.1, 0.15) is 0 Å². The Morgan fingerprint density at radius 1 is 0.625 bits per heavy atom. The average molecular weight is 438 g/mol. The van der Waals surface area contributed by atoms with Gasteiger partial charge in [-0.3, -0.25) is 0 Å². The molecule has 0 aliphatic carbocycles. The summed E-state index contributed by atoms with van der Waals surface area (Å²) in [6.07, 6.45) is 1.28. The summed E-state index contributed by atoms with van der Waals surface area (Å²) in [5, 5.41) is 18.5. The lowest BCUT2D eigenvalue weighted by molar-refractivity contribution is 0.0425. The van der Waals surface area contributed by atoms with Gasteiger partial charge < -0.3 is 19.7 Å². The van der Waals surface area contributed by atoms with Crippen LogP contribution >= 0.6 is 0 Å².